The minimum absolute atomic E-state index is 0.00519. The highest BCUT2D eigenvalue weighted by atomic mass is 16.5. The summed E-state index contributed by atoms with van der Waals surface area (Å²) in [5, 5.41) is 3.91. The Morgan fingerprint density at radius 2 is 2.21 bits per heavy atom. The number of hydrogen-bond donors (Lipinski definition) is 1. The maximum Gasteiger partial charge on any atom is 0.270 e. The van der Waals surface area contributed by atoms with Crippen molar-refractivity contribution < 1.29 is 14.3 Å². The van der Waals surface area contributed by atoms with E-state index in [1.807, 2.05) is 4.90 Å². The van der Waals surface area contributed by atoms with Gasteiger partial charge in [0.15, 0.2) is 0 Å². The Bertz CT molecular complexity index is 411. The van der Waals surface area contributed by atoms with Gasteiger partial charge in [-0.3, -0.25) is 9.59 Å². The Kier molecular flexibility index (Phi) is 3.50. The van der Waals surface area contributed by atoms with Gasteiger partial charge in [0.05, 0.1) is 6.61 Å². The molecular formula is C13H19N3O3. The van der Waals surface area contributed by atoms with Gasteiger partial charge in [-0.15, -0.1) is 0 Å². The smallest absolute Gasteiger partial charge is 0.270 e. The summed E-state index contributed by atoms with van der Waals surface area (Å²) < 4.78 is 5.37. The fourth-order valence-electron chi connectivity index (χ4n) is 2.58. The van der Waals surface area contributed by atoms with E-state index in [2.05, 4.69) is 10.5 Å². The van der Waals surface area contributed by atoms with E-state index >= 15 is 0 Å². The molecule has 0 aromatic heterocycles. The molecule has 2 heterocycles. The van der Waals surface area contributed by atoms with Crippen molar-refractivity contribution in [2.45, 2.75) is 38.1 Å². The van der Waals surface area contributed by atoms with Gasteiger partial charge in [-0.1, -0.05) is 0 Å². The van der Waals surface area contributed by atoms with E-state index < -0.39 is 0 Å². The molecule has 1 N–H and O–H groups in total. The van der Waals surface area contributed by atoms with Crippen LogP contribution in [0.4, 0.5) is 0 Å². The second-order valence-electron chi connectivity index (χ2n) is 5.51. The fraction of sp³-hybridized carbons (Fsp3) is 0.769. The molecule has 1 aliphatic carbocycles. The highest BCUT2D eigenvalue weighted by molar-refractivity contribution is 6.39. The fourth-order valence-corrected chi connectivity index (χ4v) is 2.58. The Balaban J connectivity index is 1.65. The highest BCUT2D eigenvalue weighted by Gasteiger charge is 2.37. The number of carbonyl (C=O) groups excluding carboxylic acids is 2. The van der Waals surface area contributed by atoms with Crippen LogP contribution >= 0.6 is 0 Å². The maximum absolute atomic E-state index is 12.5. The topological polar surface area (TPSA) is 71.0 Å². The zero-order valence-corrected chi connectivity index (χ0v) is 10.9. The summed E-state index contributed by atoms with van der Waals surface area (Å²) in [6.45, 7) is 2.31. The molecular weight excluding hydrogens is 246 g/mol. The molecule has 3 rings (SSSR count). The van der Waals surface area contributed by atoms with Crippen molar-refractivity contribution in [3.8, 4) is 0 Å². The lowest BCUT2D eigenvalue weighted by atomic mass is 10.1. The molecule has 1 atom stereocenters. The molecule has 0 spiro atoms. The van der Waals surface area contributed by atoms with E-state index in [-0.39, 0.29) is 11.8 Å². The standard InChI is InChI=1S/C13H19N3O3/c17-12-4-3-11(14-15-12)13(18)16(10-1-2-10)7-9-5-6-19-8-9/h9-10H,1-8H2,(H,15,17)/t9-/m0/s1. The van der Waals surface area contributed by atoms with Crippen LogP contribution in [-0.4, -0.2) is 48.2 Å². The minimum Gasteiger partial charge on any atom is -0.381 e. The van der Waals surface area contributed by atoms with Gasteiger partial charge < -0.3 is 9.64 Å². The number of amides is 2. The van der Waals surface area contributed by atoms with Crippen LogP contribution in [0, 0.1) is 5.92 Å². The van der Waals surface area contributed by atoms with Crippen molar-refractivity contribution in [3.63, 3.8) is 0 Å². The highest BCUT2D eigenvalue weighted by Crippen LogP contribution is 2.29. The zero-order chi connectivity index (χ0) is 13.2. The van der Waals surface area contributed by atoms with Crippen molar-refractivity contribution >= 4 is 17.5 Å². The number of carbonyl (C=O) groups is 2. The zero-order valence-electron chi connectivity index (χ0n) is 10.9. The molecule has 6 nitrogen and oxygen atoms in total. The van der Waals surface area contributed by atoms with Gasteiger partial charge >= 0.3 is 0 Å². The first kappa shape index (κ1) is 12.6. The lowest BCUT2D eigenvalue weighted by Gasteiger charge is -2.26. The van der Waals surface area contributed by atoms with Crippen LogP contribution in [0.25, 0.3) is 0 Å². The normalized spacial score (nSPS) is 26.8. The van der Waals surface area contributed by atoms with E-state index in [1.165, 1.54) is 0 Å². The molecule has 0 unspecified atom stereocenters. The SMILES string of the molecule is O=C1CCC(C(=O)N(C[C@@H]2CCOC2)C2CC2)=NN1. The average molecular weight is 265 g/mol. The molecule has 2 aliphatic heterocycles. The molecule has 2 amide bonds. The van der Waals surface area contributed by atoms with Gasteiger partial charge in [-0.2, -0.15) is 5.10 Å². The van der Waals surface area contributed by atoms with E-state index in [9.17, 15) is 9.59 Å². The Morgan fingerprint density at radius 3 is 2.79 bits per heavy atom. The number of ether oxygens (including phenoxy) is 1. The second-order valence-corrected chi connectivity index (χ2v) is 5.51. The molecule has 6 heteroatoms. The maximum atomic E-state index is 12.5. The molecule has 19 heavy (non-hydrogen) atoms. The van der Waals surface area contributed by atoms with E-state index in [0.29, 0.717) is 30.5 Å². The van der Waals surface area contributed by atoms with Crippen LogP contribution in [0.1, 0.15) is 32.1 Å². The van der Waals surface area contributed by atoms with Crippen molar-refractivity contribution in [1.29, 1.82) is 0 Å². The number of hydrogen-bond acceptors (Lipinski definition) is 4. The third-order valence-electron chi connectivity index (χ3n) is 3.88. The van der Waals surface area contributed by atoms with Crippen molar-refractivity contribution in [2.24, 2.45) is 11.0 Å². The first-order valence-electron chi connectivity index (χ1n) is 6.98. The summed E-state index contributed by atoms with van der Waals surface area (Å²) in [5.41, 5.74) is 2.89. The van der Waals surface area contributed by atoms with Gasteiger partial charge in [0, 0.05) is 38.0 Å². The Labute approximate surface area is 112 Å². The quantitative estimate of drug-likeness (QED) is 0.793. The van der Waals surface area contributed by atoms with Gasteiger partial charge in [-0.05, 0) is 19.3 Å². The lowest BCUT2D eigenvalue weighted by Crippen LogP contribution is -2.43. The monoisotopic (exact) mass is 265 g/mol. The van der Waals surface area contributed by atoms with E-state index in [1.54, 1.807) is 0 Å². The third kappa shape index (κ3) is 2.94. The summed E-state index contributed by atoms with van der Waals surface area (Å²) in [6, 6.07) is 0.369. The van der Waals surface area contributed by atoms with Crippen molar-refractivity contribution in [2.75, 3.05) is 19.8 Å². The molecule has 0 aromatic carbocycles. The Hall–Kier alpha value is -1.43. The number of nitrogens with one attached hydrogen (secondary N) is 1. The summed E-state index contributed by atoms with van der Waals surface area (Å²) >= 11 is 0. The predicted molar refractivity (Wildman–Crippen MR) is 68.5 cm³/mol. The summed E-state index contributed by atoms with van der Waals surface area (Å²) in [6.07, 6.45) is 4.00. The predicted octanol–water partition coefficient (Wildman–Crippen LogP) is 0.280. The first-order valence-corrected chi connectivity index (χ1v) is 6.98. The molecule has 104 valence electrons. The molecule has 0 aromatic rings. The van der Waals surface area contributed by atoms with Crippen molar-refractivity contribution in [1.82, 2.24) is 10.3 Å². The molecule has 1 saturated heterocycles. The third-order valence-corrected chi connectivity index (χ3v) is 3.88. The van der Waals surface area contributed by atoms with Crippen LogP contribution < -0.4 is 5.43 Å². The number of nitrogens with zero attached hydrogens (tertiary/aromatic N) is 2. The largest absolute Gasteiger partial charge is 0.381 e. The molecule has 3 aliphatic rings. The second kappa shape index (κ2) is 5.28. The van der Waals surface area contributed by atoms with Crippen LogP contribution in [0.2, 0.25) is 0 Å². The van der Waals surface area contributed by atoms with Crippen LogP contribution in [0.5, 0.6) is 0 Å². The first-order chi connectivity index (χ1) is 9.24. The Morgan fingerprint density at radius 1 is 1.37 bits per heavy atom. The molecule has 1 saturated carbocycles. The van der Waals surface area contributed by atoms with Crippen LogP contribution in [0.15, 0.2) is 5.10 Å². The molecule has 2 fully saturated rings. The van der Waals surface area contributed by atoms with Crippen molar-refractivity contribution in [3.05, 3.63) is 0 Å². The van der Waals surface area contributed by atoms with Gasteiger partial charge in [0.1, 0.15) is 5.71 Å². The molecule has 0 radical (unpaired) electrons. The average Bonchev–Trinajstić information content (AvgIpc) is 3.13. The number of rotatable bonds is 4. The summed E-state index contributed by atoms with van der Waals surface area (Å²) in [7, 11) is 0. The van der Waals surface area contributed by atoms with Gasteiger partial charge in [-0.25, -0.2) is 5.43 Å². The molecule has 0 bridgehead atoms. The van der Waals surface area contributed by atoms with E-state index in [0.717, 1.165) is 39.0 Å². The lowest BCUT2D eigenvalue weighted by molar-refractivity contribution is -0.125. The van der Waals surface area contributed by atoms with Crippen LogP contribution in [-0.2, 0) is 14.3 Å². The van der Waals surface area contributed by atoms with Gasteiger partial charge in [0.2, 0.25) is 5.91 Å². The van der Waals surface area contributed by atoms with E-state index in [4.69, 9.17) is 4.74 Å². The van der Waals surface area contributed by atoms with Gasteiger partial charge in [0.25, 0.3) is 5.91 Å². The summed E-state index contributed by atoms with van der Waals surface area (Å²) in [5.74, 6) is 0.330. The number of hydrazone groups is 1. The minimum atomic E-state index is -0.112. The summed E-state index contributed by atoms with van der Waals surface area (Å²) in [4.78, 5) is 25.5. The van der Waals surface area contributed by atoms with Crippen LogP contribution in [0.3, 0.4) is 0 Å².